The molecule has 1 N–H and O–H groups in total. The number of nitrogens with one attached hydrogen (secondary N) is 1. The monoisotopic (exact) mass is 241 g/mol. The van der Waals surface area contributed by atoms with Crippen molar-refractivity contribution in [2.24, 2.45) is 0 Å². The van der Waals surface area contributed by atoms with Gasteiger partial charge in [0.2, 0.25) is 0 Å². The van der Waals surface area contributed by atoms with Crippen molar-refractivity contribution in [1.29, 1.82) is 0 Å². The van der Waals surface area contributed by atoms with Gasteiger partial charge in [0, 0.05) is 6.08 Å². The highest BCUT2D eigenvalue weighted by Crippen LogP contribution is 2.29. The summed E-state index contributed by atoms with van der Waals surface area (Å²) in [6.07, 6.45) is 9.11. The molecule has 1 unspecified atom stereocenters. The van der Waals surface area contributed by atoms with Crippen LogP contribution in [0.4, 0.5) is 0 Å². The molecule has 0 aromatic rings. The maximum absolute atomic E-state index is 5.80. The second-order valence-corrected chi connectivity index (χ2v) is 5.34. The first-order valence-corrected chi connectivity index (χ1v) is 7.02. The summed E-state index contributed by atoms with van der Waals surface area (Å²) in [5, 5.41) is 3.55. The Kier molecular flexibility index (Phi) is 3.69. The van der Waals surface area contributed by atoms with Crippen molar-refractivity contribution in [2.75, 3.05) is 6.26 Å². The Morgan fingerprint density at radius 3 is 2.75 bits per heavy atom. The minimum absolute atomic E-state index is 0.182. The van der Waals surface area contributed by atoms with E-state index in [2.05, 4.69) is 17.6 Å². The lowest BCUT2D eigenvalue weighted by molar-refractivity contribution is 0.124. The zero-order chi connectivity index (χ0) is 11.5. The van der Waals surface area contributed by atoms with Crippen LogP contribution in [-0.2, 0) is 9.47 Å². The maximum Gasteiger partial charge on any atom is 0.191 e. The second kappa shape index (κ2) is 5.04. The molecule has 3 nitrogen and oxygen atoms in total. The standard InChI is InChI=1S/C12H19NO2S/c1-8(2)14-11-6-10(15-9-4-5-9)7-12(13-11)16-3/h6-9,12-13H,4-5H2,1-3H3. The molecule has 0 aromatic heterocycles. The lowest BCUT2D eigenvalue weighted by atomic mass is 10.3. The van der Waals surface area contributed by atoms with E-state index in [0.29, 0.717) is 6.10 Å². The predicted molar refractivity (Wildman–Crippen MR) is 66.9 cm³/mol. The minimum atomic E-state index is 0.182. The van der Waals surface area contributed by atoms with Gasteiger partial charge in [-0.25, -0.2) is 0 Å². The Balaban J connectivity index is 2.00. The zero-order valence-electron chi connectivity index (χ0n) is 10.0. The SMILES string of the molecule is CSC1C=C(OC2CC2)C=C(OC(C)C)N1. The third-order valence-electron chi connectivity index (χ3n) is 2.32. The molecule has 2 aliphatic rings. The normalized spacial score (nSPS) is 24.6. The number of allylic oxidation sites excluding steroid dienone is 1. The molecule has 4 heteroatoms. The van der Waals surface area contributed by atoms with Crippen LogP contribution in [0.5, 0.6) is 0 Å². The molecule has 1 aliphatic carbocycles. The van der Waals surface area contributed by atoms with Crippen LogP contribution in [0.15, 0.2) is 23.8 Å². The van der Waals surface area contributed by atoms with Gasteiger partial charge >= 0.3 is 0 Å². The van der Waals surface area contributed by atoms with E-state index in [-0.39, 0.29) is 11.5 Å². The highest BCUT2D eigenvalue weighted by molar-refractivity contribution is 7.99. The molecule has 0 bridgehead atoms. The van der Waals surface area contributed by atoms with Gasteiger partial charge in [-0.2, -0.15) is 0 Å². The summed E-state index contributed by atoms with van der Waals surface area (Å²) in [5.74, 6) is 1.75. The van der Waals surface area contributed by atoms with E-state index < -0.39 is 0 Å². The van der Waals surface area contributed by atoms with Gasteiger partial charge in [-0.15, -0.1) is 11.8 Å². The average Bonchev–Trinajstić information content (AvgIpc) is 3.00. The first-order valence-electron chi connectivity index (χ1n) is 5.73. The molecular weight excluding hydrogens is 222 g/mol. The first-order chi connectivity index (χ1) is 7.67. The van der Waals surface area contributed by atoms with E-state index >= 15 is 0 Å². The van der Waals surface area contributed by atoms with E-state index in [1.165, 1.54) is 12.8 Å². The van der Waals surface area contributed by atoms with Crippen LogP contribution in [0.3, 0.4) is 0 Å². The topological polar surface area (TPSA) is 30.5 Å². The van der Waals surface area contributed by atoms with Crippen molar-refractivity contribution in [1.82, 2.24) is 5.32 Å². The fourth-order valence-electron chi connectivity index (χ4n) is 1.45. The molecule has 1 fully saturated rings. The van der Waals surface area contributed by atoms with Crippen LogP contribution in [0.1, 0.15) is 26.7 Å². The summed E-state index contributed by atoms with van der Waals surface area (Å²) in [4.78, 5) is 0. The zero-order valence-corrected chi connectivity index (χ0v) is 10.8. The summed E-state index contributed by atoms with van der Waals surface area (Å²) in [6, 6.07) is 0. The van der Waals surface area contributed by atoms with Crippen LogP contribution >= 0.6 is 11.8 Å². The molecule has 1 aliphatic heterocycles. The quantitative estimate of drug-likeness (QED) is 0.801. The van der Waals surface area contributed by atoms with Crippen LogP contribution in [-0.4, -0.2) is 23.8 Å². The van der Waals surface area contributed by atoms with Gasteiger partial charge in [-0.3, -0.25) is 0 Å². The molecule has 1 atom stereocenters. The van der Waals surface area contributed by atoms with Gasteiger partial charge in [-0.1, -0.05) is 0 Å². The molecular formula is C12H19NO2S. The molecule has 0 amide bonds. The predicted octanol–water partition coefficient (Wildman–Crippen LogP) is 2.61. The number of hydrogen-bond donors (Lipinski definition) is 1. The Hall–Kier alpha value is -0.770. The average molecular weight is 241 g/mol. The fraction of sp³-hybridized carbons (Fsp3) is 0.667. The van der Waals surface area contributed by atoms with E-state index in [1.807, 2.05) is 19.9 Å². The molecule has 2 rings (SSSR count). The molecule has 0 aromatic carbocycles. The van der Waals surface area contributed by atoms with Gasteiger partial charge in [-0.05, 0) is 39.0 Å². The van der Waals surface area contributed by atoms with Crippen LogP contribution < -0.4 is 5.32 Å². The summed E-state index contributed by atoms with van der Waals surface area (Å²) >= 11 is 1.74. The first kappa shape index (κ1) is 11.7. The van der Waals surface area contributed by atoms with Crippen LogP contribution in [0.2, 0.25) is 0 Å². The Morgan fingerprint density at radius 2 is 2.19 bits per heavy atom. The van der Waals surface area contributed by atoms with Gasteiger partial charge in [0.15, 0.2) is 5.88 Å². The van der Waals surface area contributed by atoms with Crippen molar-refractivity contribution in [3.63, 3.8) is 0 Å². The largest absolute Gasteiger partial charge is 0.490 e. The van der Waals surface area contributed by atoms with Crippen molar-refractivity contribution in [3.05, 3.63) is 23.8 Å². The molecule has 1 saturated carbocycles. The Bertz CT molecular complexity index is 308. The van der Waals surface area contributed by atoms with Gasteiger partial charge in [0.05, 0.1) is 17.6 Å². The molecule has 90 valence electrons. The smallest absolute Gasteiger partial charge is 0.191 e. The van der Waals surface area contributed by atoms with Crippen molar-refractivity contribution in [2.45, 2.75) is 44.3 Å². The van der Waals surface area contributed by atoms with Gasteiger partial charge < -0.3 is 14.8 Å². The van der Waals surface area contributed by atoms with E-state index in [4.69, 9.17) is 9.47 Å². The van der Waals surface area contributed by atoms with Crippen LogP contribution in [0, 0.1) is 0 Å². The number of hydrogen-bond acceptors (Lipinski definition) is 4. The van der Waals surface area contributed by atoms with Gasteiger partial charge in [0.25, 0.3) is 0 Å². The van der Waals surface area contributed by atoms with Crippen molar-refractivity contribution >= 4 is 11.8 Å². The minimum Gasteiger partial charge on any atom is -0.490 e. The summed E-state index contributed by atoms with van der Waals surface area (Å²) < 4.78 is 11.5. The van der Waals surface area contributed by atoms with Crippen molar-refractivity contribution in [3.8, 4) is 0 Å². The molecule has 0 radical (unpaired) electrons. The van der Waals surface area contributed by atoms with Gasteiger partial charge in [0.1, 0.15) is 5.76 Å². The third kappa shape index (κ3) is 3.37. The lowest BCUT2D eigenvalue weighted by Gasteiger charge is -2.24. The summed E-state index contributed by atoms with van der Waals surface area (Å²) in [5.41, 5.74) is 0. The molecule has 1 heterocycles. The molecule has 0 spiro atoms. The lowest BCUT2D eigenvalue weighted by Crippen LogP contribution is -2.29. The number of rotatable bonds is 5. The third-order valence-corrected chi connectivity index (χ3v) is 3.08. The van der Waals surface area contributed by atoms with E-state index in [1.54, 1.807) is 11.8 Å². The van der Waals surface area contributed by atoms with Crippen molar-refractivity contribution < 1.29 is 9.47 Å². The summed E-state index contributed by atoms with van der Waals surface area (Å²) in [7, 11) is 0. The van der Waals surface area contributed by atoms with Crippen LogP contribution in [0.25, 0.3) is 0 Å². The second-order valence-electron chi connectivity index (χ2n) is 4.36. The Morgan fingerprint density at radius 1 is 1.44 bits per heavy atom. The number of thioether (sulfide) groups is 1. The number of dihydropyridines is 1. The molecule has 16 heavy (non-hydrogen) atoms. The maximum atomic E-state index is 5.80. The number of ether oxygens (including phenoxy) is 2. The Labute approximate surface area is 101 Å². The highest BCUT2D eigenvalue weighted by atomic mass is 32.2. The summed E-state index contributed by atoms with van der Waals surface area (Å²) in [6.45, 7) is 4.05. The molecule has 0 saturated heterocycles. The van der Waals surface area contributed by atoms with E-state index in [0.717, 1.165) is 11.6 Å². The highest BCUT2D eigenvalue weighted by Gasteiger charge is 2.26. The fourth-order valence-corrected chi connectivity index (χ4v) is 1.95. The van der Waals surface area contributed by atoms with E-state index in [9.17, 15) is 0 Å².